The quantitative estimate of drug-likeness (QED) is 0.799. The molecule has 3 N–H and O–H groups in total. The number of halogens is 2. The summed E-state index contributed by atoms with van der Waals surface area (Å²) in [6.45, 7) is 0. The van der Waals surface area contributed by atoms with E-state index in [-0.39, 0.29) is 22.0 Å². The van der Waals surface area contributed by atoms with Crippen LogP contribution in [0, 0.1) is 5.82 Å². The van der Waals surface area contributed by atoms with E-state index in [1.807, 2.05) is 0 Å². The molecule has 0 spiro atoms. The first kappa shape index (κ1) is 15.5. The Balaban J connectivity index is 2.50. The van der Waals surface area contributed by atoms with Gasteiger partial charge in [0.1, 0.15) is 10.6 Å². The van der Waals surface area contributed by atoms with Crippen LogP contribution < -0.4 is 15.2 Å². The maximum atomic E-state index is 13.5. The van der Waals surface area contributed by atoms with E-state index in [1.165, 1.54) is 31.5 Å². The lowest BCUT2D eigenvalue weighted by atomic mass is 10.3. The predicted molar refractivity (Wildman–Crippen MR) is 80.1 cm³/mol. The Hall–Kier alpha value is -1.87. The normalized spacial score (nSPS) is 11.2. The molecule has 0 aliphatic rings. The number of ether oxygens (including phenoxy) is 1. The average molecular weight is 376 g/mol. The number of nitrogens with one attached hydrogen (secondary N) is 1. The molecule has 6 nitrogen and oxygen atoms in total. The minimum Gasteiger partial charge on any atom is -0.495 e. The minimum atomic E-state index is -4.06. The van der Waals surface area contributed by atoms with Gasteiger partial charge in [-0.25, -0.2) is 12.8 Å². The molecule has 0 radical (unpaired) electrons. The number of benzene rings is 1. The highest BCUT2D eigenvalue weighted by molar-refractivity contribution is 9.10. The number of nitrogen functional groups attached to an aromatic ring is 1. The van der Waals surface area contributed by atoms with Gasteiger partial charge in [0.15, 0.2) is 5.82 Å². The molecule has 0 saturated carbocycles. The van der Waals surface area contributed by atoms with Gasteiger partial charge in [-0.2, -0.15) is 0 Å². The number of nitrogens with two attached hydrogens (primary N) is 1. The molecule has 9 heteroatoms. The zero-order valence-corrected chi connectivity index (χ0v) is 13.2. The second-order valence-electron chi connectivity index (χ2n) is 3.99. The van der Waals surface area contributed by atoms with Crippen molar-refractivity contribution in [3.63, 3.8) is 0 Å². The average Bonchev–Trinajstić information content (AvgIpc) is 2.43. The highest BCUT2D eigenvalue weighted by Crippen LogP contribution is 2.33. The van der Waals surface area contributed by atoms with Crippen molar-refractivity contribution >= 4 is 37.3 Å². The fraction of sp³-hybridized carbons (Fsp3) is 0.0833. The Morgan fingerprint density at radius 3 is 2.76 bits per heavy atom. The fourth-order valence-electron chi connectivity index (χ4n) is 1.58. The van der Waals surface area contributed by atoms with E-state index in [2.05, 4.69) is 25.6 Å². The largest absolute Gasteiger partial charge is 0.495 e. The summed E-state index contributed by atoms with van der Waals surface area (Å²) in [6, 6.07) is 3.86. The first-order valence-corrected chi connectivity index (χ1v) is 7.88. The van der Waals surface area contributed by atoms with Gasteiger partial charge in [-0.15, -0.1) is 0 Å². The SMILES string of the molecule is COc1cc(Br)c(N)cc1S(=O)(=O)Nc1ccncc1F. The smallest absolute Gasteiger partial charge is 0.265 e. The summed E-state index contributed by atoms with van der Waals surface area (Å²) in [7, 11) is -2.74. The van der Waals surface area contributed by atoms with Gasteiger partial charge in [-0.1, -0.05) is 0 Å². The van der Waals surface area contributed by atoms with Crippen LogP contribution in [0.5, 0.6) is 5.75 Å². The van der Waals surface area contributed by atoms with Crippen LogP contribution in [0.25, 0.3) is 0 Å². The number of hydrogen-bond donors (Lipinski definition) is 2. The summed E-state index contributed by atoms with van der Waals surface area (Å²) in [6.07, 6.45) is 2.18. The number of aromatic nitrogens is 1. The van der Waals surface area contributed by atoms with Crippen LogP contribution >= 0.6 is 15.9 Å². The third-order valence-corrected chi connectivity index (χ3v) is 4.66. The van der Waals surface area contributed by atoms with Gasteiger partial charge in [-0.3, -0.25) is 9.71 Å². The van der Waals surface area contributed by atoms with Crippen molar-refractivity contribution in [3.8, 4) is 5.75 Å². The van der Waals surface area contributed by atoms with Gasteiger partial charge in [0.05, 0.1) is 19.0 Å². The zero-order chi connectivity index (χ0) is 15.6. The lowest BCUT2D eigenvalue weighted by molar-refractivity contribution is 0.402. The van der Waals surface area contributed by atoms with Crippen LogP contribution in [0.3, 0.4) is 0 Å². The monoisotopic (exact) mass is 375 g/mol. The molecule has 2 rings (SSSR count). The Labute approximate surface area is 129 Å². The predicted octanol–water partition coefficient (Wildman–Crippen LogP) is 2.37. The van der Waals surface area contributed by atoms with Crippen LogP contribution in [0.4, 0.5) is 15.8 Å². The molecule has 1 aromatic carbocycles. The number of rotatable bonds is 4. The van der Waals surface area contributed by atoms with Crippen molar-refractivity contribution in [2.45, 2.75) is 4.90 Å². The highest BCUT2D eigenvalue weighted by atomic mass is 79.9. The fourth-order valence-corrected chi connectivity index (χ4v) is 3.15. The van der Waals surface area contributed by atoms with E-state index in [4.69, 9.17) is 10.5 Å². The molecule has 2 aromatic rings. The van der Waals surface area contributed by atoms with Gasteiger partial charge in [0.2, 0.25) is 0 Å². The molecule has 0 atom stereocenters. The molecule has 0 aliphatic carbocycles. The molecule has 0 fully saturated rings. The standard InChI is InChI=1S/C12H11BrFN3O3S/c1-20-11-4-7(13)9(15)5-12(11)21(18,19)17-10-2-3-16-6-8(10)14/h2-6H,15H2,1H3,(H,16,17). The van der Waals surface area contributed by atoms with Crippen LogP contribution in [0.1, 0.15) is 0 Å². The second-order valence-corrected chi connectivity index (χ2v) is 6.49. The van der Waals surface area contributed by atoms with Crippen molar-refractivity contribution < 1.29 is 17.5 Å². The lowest BCUT2D eigenvalue weighted by Gasteiger charge is -2.13. The van der Waals surface area contributed by atoms with E-state index < -0.39 is 15.8 Å². The first-order valence-electron chi connectivity index (χ1n) is 5.60. The molecular formula is C12H11BrFN3O3S. The summed E-state index contributed by atoms with van der Waals surface area (Å²) >= 11 is 3.18. The van der Waals surface area contributed by atoms with E-state index in [0.717, 1.165) is 6.20 Å². The van der Waals surface area contributed by atoms with Gasteiger partial charge >= 0.3 is 0 Å². The zero-order valence-electron chi connectivity index (χ0n) is 10.8. The van der Waals surface area contributed by atoms with E-state index in [9.17, 15) is 12.8 Å². The molecule has 21 heavy (non-hydrogen) atoms. The van der Waals surface area contributed by atoms with E-state index >= 15 is 0 Å². The van der Waals surface area contributed by atoms with Crippen molar-refractivity contribution in [1.29, 1.82) is 0 Å². The number of methoxy groups -OCH3 is 1. The molecule has 0 aliphatic heterocycles. The maximum absolute atomic E-state index is 13.5. The van der Waals surface area contributed by atoms with Crippen molar-refractivity contribution in [3.05, 3.63) is 40.9 Å². The van der Waals surface area contributed by atoms with Crippen LogP contribution in [0.2, 0.25) is 0 Å². The molecule has 112 valence electrons. The van der Waals surface area contributed by atoms with E-state index in [0.29, 0.717) is 4.47 Å². The number of nitrogens with zero attached hydrogens (tertiary/aromatic N) is 1. The molecule has 0 saturated heterocycles. The molecule has 1 aromatic heterocycles. The number of pyridine rings is 1. The molecule has 1 heterocycles. The summed E-state index contributed by atoms with van der Waals surface area (Å²) in [5.74, 6) is -0.705. The van der Waals surface area contributed by atoms with Crippen LogP contribution in [-0.4, -0.2) is 20.5 Å². The van der Waals surface area contributed by atoms with Gasteiger partial charge in [0.25, 0.3) is 10.0 Å². The number of hydrogen-bond acceptors (Lipinski definition) is 5. The number of sulfonamides is 1. The van der Waals surface area contributed by atoms with Gasteiger partial charge in [-0.05, 0) is 34.1 Å². The molecule has 0 unspecified atom stereocenters. The maximum Gasteiger partial charge on any atom is 0.265 e. The van der Waals surface area contributed by atoms with Crippen LogP contribution in [-0.2, 0) is 10.0 Å². The summed E-state index contributed by atoms with van der Waals surface area (Å²) in [5.41, 5.74) is 5.69. The minimum absolute atomic E-state index is 0.0815. The third-order valence-electron chi connectivity index (χ3n) is 2.59. The van der Waals surface area contributed by atoms with Gasteiger partial charge < -0.3 is 10.5 Å². The Bertz CT molecular complexity index is 783. The molecule has 0 bridgehead atoms. The molecule has 0 amide bonds. The third kappa shape index (κ3) is 3.24. The van der Waals surface area contributed by atoms with Crippen LogP contribution in [0.15, 0.2) is 40.0 Å². The Morgan fingerprint density at radius 1 is 1.43 bits per heavy atom. The highest BCUT2D eigenvalue weighted by Gasteiger charge is 2.22. The van der Waals surface area contributed by atoms with Gasteiger partial charge in [0, 0.05) is 16.4 Å². The van der Waals surface area contributed by atoms with Crippen molar-refractivity contribution in [2.75, 3.05) is 17.6 Å². The summed E-state index contributed by atoms with van der Waals surface area (Å²) < 4.78 is 45.9. The summed E-state index contributed by atoms with van der Waals surface area (Å²) in [5, 5.41) is 0. The van der Waals surface area contributed by atoms with Crippen molar-refractivity contribution in [1.82, 2.24) is 4.98 Å². The molecular weight excluding hydrogens is 365 g/mol. The van der Waals surface area contributed by atoms with E-state index in [1.54, 1.807) is 0 Å². The first-order chi connectivity index (χ1) is 9.85. The topological polar surface area (TPSA) is 94.3 Å². The Kier molecular flexibility index (Phi) is 4.33. The Morgan fingerprint density at radius 2 is 2.14 bits per heavy atom. The summed E-state index contributed by atoms with van der Waals surface area (Å²) in [4.78, 5) is 3.35. The lowest BCUT2D eigenvalue weighted by Crippen LogP contribution is -2.15. The van der Waals surface area contributed by atoms with Crippen molar-refractivity contribution in [2.24, 2.45) is 0 Å². The number of anilines is 2. The second kappa shape index (κ2) is 5.86.